The quantitative estimate of drug-likeness (QED) is 0.891. The number of fused-ring (bicyclic) bond motifs is 1. The maximum atomic E-state index is 12.8. The molecule has 2 heterocycles. The highest BCUT2D eigenvalue weighted by atomic mass is 16.2. The minimum absolute atomic E-state index is 0.248. The van der Waals surface area contributed by atoms with Crippen molar-refractivity contribution in [3.05, 3.63) is 35.4 Å². The lowest BCUT2D eigenvalue weighted by Gasteiger charge is -2.37. The minimum Gasteiger partial charge on any atom is -0.370 e. The maximum absolute atomic E-state index is 12.8. The van der Waals surface area contributed by atoms with Gasteiger partial charge < -0.3 is 10.6 Å². The van der Waals surface area contributed by atoms with E-state index >= 15 is 0 Å². The molecule has 0 spiro atoms. The summed E-state index contributed by atoms with van der Waals surface area (Å²) in [6, 6.07) is 9.02. The summed E-state index contributed by atoms with van der Waals surface area (Å²) in [5.74, 6) is 0.0231. The SMILES string of the molecule is Cc1cccc(CN2C(=O)CCCC[C@H]3[C@H]2CCN3CCC(N)=O)c1. The number of carbonyl (C=O) groups excluding carboxylic acids is 2. The molecule has 2 aliphatic heterocycles. The van der Waals surface area contributed by atoms with Crippen LogP contribution in [0.2, 0.25) is 0 Å². The van der Waals surface area contributed by atoms with Gasteiger partial charge in [0.1, 0.15) is 0 Å². The number of carbonyl (C=O) groups is 2. The average Bonchev–Trinajstić information content (AvgIpc) is 2.95. The van der Waals surface area contributed by atoms with E-state index in [9.17, 15) is 9.59 Å². The molecule has 1 aromatic carbocycles. The number of likely N-dealkylation sites (tertiary alicyclic amines) is 2. The summed E-state index contributed by atoms with van der Waals surface area (Å²) < 4.78 is 0. The van der Waals surface area contributed by atoms with Crippen molar-refractivity contribution in [3.8, 4) is 0 Å². The summed E-state index contributed by atoms with van der Waals surface area (Å²) >= 11 is 0. The Kier molecular flexibility index (Phi) is 5.74. The number of hydrogen-bond acceptors (Lipinski definition) is 3. The zero-order valence-corrected chi connectivity index (χ0v) is 15.1. The van der Waals surface area contributed by atoms with E-state index in [0.717, 1.165) is 32.2 Å². The molecule has 2 N–H and O–H groups in total. The Morgan fingerprint density at radius 2 is 2.08 bits per heavy atom. The first-order chi connectivity index (χ1) is 12.0. The Labute approximate surface area is 150 Å². The molecule has 136 valence electrons. The molecule has 5 heteroatoms. The molecule has 3 rings (SSSR count). The lowest BCUT2D eigenvalue weighted by Crippen LogP contribution is -2.49. The predicted octanol–water partition coefficient (Wildman–Crippen LogP) is 2.22. The van der Waals surface area contributed by atoms with Crippen molar-refractivity contribution in [1.82, 2.24) is 9.80 Å². The zero-order chi connectivity index (χ0) is 17.8. The van der Waals surface area contributed by atoms with Gasteiger partial charge in [0.05, 0.1) is 0 Å². The van der Waals surface area contributed by atoms with E-state index in [4.69, 9.17) is 5.73 Å². The van der Waals surface area contributed by atoms with Gasteiger partial charge >= 0.3 is 0 Å². The molecule has 2 aliphatic rings. The lowest BCUT2D eigenvalue weighted by molar-refractivity contribution is -0.135. The van der Waals surface area contributed by atoms with Crippen LogP contribution in [0.4, 0.5) is 0 Å². The van der Waals surface area contributed by atoms with Gasteiger partial charge in [-0.15, -0.1) is 0 Å². The van der Waals surface area contributed by atoms with Crippen molar-refractivity contribution in [1.29, 1.82) is 0 Å². The van der Waals surface area contributed by atoms with E-state index in [-0.39, 0.29) is 17.9 Å². The summed E-state index contributed by atoms with van der Waals surface area (Å²) in [4.78, 5) is 28.4. The first-order valence-electron chi connectivity index (χ1n) is 9.42. The van der Waals surface area contributed by atoms with E-state index in [0.29, 0.717) is 32.0 Å². The smallest absolute Gasteiger partial charge is 0.223 e. The zero-order valence-electron chi connectivity index (χ0n) is 15.1. The minimum atomic E-state index is -0.248. The summed E-state index contributed by atoms with van der Waals surface area (Å²) in [7, 11) is 0. The van der Waals surface area contributed by atoms with E-state index in [1.807, 2.05) is 0 Å². The Morgan fingerprint density at radius 1 is 1.24 bits per heavy atom. The molecule has 0 unspecified atom stereocenters. The third-order valence-electron chi connectivity index (χ3n) is 5.57. The summed E-state index contributed by atoms with van der Waals surface area (Å²) in [6.07, 6.45) is 5.17. The molecular formula is C20H29N3O2. The number of primary amides is 1. The number of nitrogens with two attached hydrogens (primary N) is 1. The molecule has 0 radical (unpaired) electrons. The molecule has 2 fully saturated rings. The Bertz CT molecular complexity index is 631. The topological polar surface area (TPSA) is 66.6 Å². The van der Waals surface area contributed by atoms with E-state index in [2.05, 4.69) is 41.0 Å². The van der Waals surface area contributed by atoms with Crippen molar-refractivity contribution in [3.63, 3.8) is 0 Å². The molecule has 0 aromatic heterocycles. The van der Waals surface area contributed by atoms with Crippen molar-refractivity contribution in [2.45, 2.75) is 64.1 Å². The van der Waals surface area contributed by atoms with Crippen LogP contribution < -0.4 is 5.73 Å². The van der Waals surface area contributed by atoms with E-state index < -0.39 is 0 Å². The number of nitrogens with zero attached hydrogens (tertiary/aromatic N) is 2. The number of aryl methyl sites for hydroxylation is 1. The molecular weight excluding hydrogens is 314 g/mol. The van der Waals surface area contributed by atoms with Crippen LogP contribution in [0, 0.1) is 6.92 Å². The van der Waals surface area contributed by atoms with Crippen LogP contribution in [-0.2, 0) is 16.1 Å². The van der Waals surface area contributed by atoms with Crippen LogP contribution >= 0.6 is 0 Å². The standard InChI is InChI=1S/C20H29N3O2/c1-15-5-4-6-16(13-15)14-23-18-9-11-22(12-10-19(21)24)17(18)7-2-3-8-20(23)25/h4-6,13,17-18H,2-3,7-12,14H2,1H3,(H2,21,24)/t17-,18+/m0/s1. The Morgan fingerprint density at radius 3 is 2.84 bits per heavy atom. The van der Waals surface area contributed by atoms with Gasteiger partial charge in [0.2, 0.25) is 11.8 Å². The average molecular weight is 343 g/mol. The molecule has 2 amide bonds. The fourth-order valence-electron chi connectivity index (χ4n) is 4.34. The number of rotatable bonds is 5. The van der Waals surface area contributed by atoms with Gasteiger partial charge in [0.25, 0.3) is 0 Å². The highest BCUT2D eigenvalue weighted by Gasteiger charge is 2.39. The maximum Gasteiger partial charge on any atom is 0.223 e. The van der Waals surface area contributed by atoms with E-state index in [1.165, 1.54) is 11.1 Å². The largest absolute Gasteiger partial charge is 0.370 e. The first kappa shape index (κ1) is 17.9. The highest BCUT2D eigenvalue weighted by molar-refractivity contribution is 5.77. The molecule has 2 atom stereocenters. The molecule has 1 aromatic rings. The monoisotopic (exact) mass is 343 g/mol. The van der Waals surface area contributed by atoms with Crippen LogP contribution in [-0.4, -0.2) is 46.8 Å². The molecule has 5 nitrogen and oxygen atoms in total. The third kappa shape index (κ3) is 4.40. The Hall–Kier alpha value is -1.88. The second-order valence-electron chi connectivity index (χ2n) is 7.43. The fraction of sp³-hybridized carbons (Fsp3) is 0.600. The molecule has 0 bridgehead atoms. The van der Waals surface area contributed by atoms with Crippen molar-refractivity contribution < 1.29 is 9.59 Å². The third-order valence-corrected chi connectivity index (χ3v) is 5.57. The number of hydrogen-bond donors (Lipinski definition) is 1. The fourth-order valence-corrected chi connectivity index (χ4v) is 4.34. The normalized spacial score (nSPS) is 24.7. The van der Waals surface area contributed by atoms with Crippen LogP contribution in [0.3, 0.4) is 0 Å². The van der Waals surface area contributed by atoms with Crippen LogP contribution in [0.15, 0.2) is 24.3 Å². The van der Waals surface area contributed by atoms with Gasteiger partial charge in [-0.3, -0.25) is 14.5 Å². The Balaban J connectivity index is 1.77. The first-order valence-corrected chi connectivity index (χ1v) is 9.42. The van der Waals surface area contributed by atoms with Gasteiger partial charge in [0, 0.05) is 44.6 Å². The van der Waals surface area contributed by atoms with Gasteiger partial charge in [-0.1, -0.05) is 36.2 Å². The van der Waals surface area contributed by atoms with Crippen LogP contribution in [0.5, 0.6) is 0 Å². The number of amides is 2. The number of benzene rings is 1. The molecule has 0 aliphatic carbocycles. The van der Waals surface area contributed by atoms with Gasteiger partial charge in [-0.2, -0.15) is 0 Å². The summed E-state index contributed by atoms with van der Waals surface area (Å²) in [5, 5.41) is 0. The van der Waals surface area contributed by atoms with Crippen LogP contribution in [0.1, 0.15) is 49.7 Å². The van der Waals surface area contributed by atoms with Gasteiger partial charge in [-0.05, 0) is 31.7 Å². The summed E-state index contributed by atoms with van der Waals surface area (Å²) in [6.45, 7) is 4.43. The van der Waals surface area contributed by atoms with Crippen LogP contribution in [0.25, 0.3) is 0 Å². The molecule has 2 saturated heterocycles. The van der Waals surface area contributed by atoms with Crippen molar-refractivity contribution in [2.75, 3.05) is 13.1 Å². The van der Waals surface area contributed by atoms with Crippen molar-refractivity contribution >= 4 is 11.8 Å². The van der Waals surface area contributed by atoms with E-state index in [1.54, 1.807) is 0 Å². The second-order valence-corrected chi connectivity index (χ2v) is 7.43. The summed E-state index contributed by atoms with van der Waals surface area (Å²) in [5.41, 5.74) is 7.75. The second kappa shape index (κ2) is 8.00. The molecule has 25 heavy (non-hydrogen) atoms. The van der Waals surface area contributed by atoms with Gasteiger partial charge in [0.15, 0.2) is 0 Å². The lowest BCUT2D eigenvalue weighted by atomic mass is 9.96. The van der Waals surface area contributed by atoms with Gasteiger partial charge in [-0.25, -0.2) is 0 Å². The molecule has 0 saturated carbocycles. The van der Waals surface area contributed by atoms with Crippen molar-refractivity contribution in [2.24, 2.45) is 5.73 Å². The predicted molar refractivity (Wildman–Crippen MR) is 97.8 cm³/mol. The highest BCUT2D eigenvalue weighted by Crippen LogP contribution is 2.31.